The quantitative estimate of drug-likeness (QED) is 0.860. The van der Waals surface area contributed by atoms with E-state index in [0.29, 0.717) is 11.8 Å². The molecule has 3 heteroatoms. The summed E-state index contributed by atoms with van der Waals surface area (Å²) in [6.07, 6.45) is 5.74. The van der Waals surface area contributed by atoms with Crippen LogP contribution in [0.15, 0.2) is 42.7 Å². The molecule has 19 heavy (non-hydrogen) atoms. The topological polar surface area (TPSA) is 45.2 Å². The Morgan fingerprint density at radius 1 is 1.21 bits per heavy atom. The summed E-state index contributed by atoms with van der Waals surface area (Å²) in [7, 11) is 0. The molecule has 0 aliphatic carbocycles. The van der Waals surface area contributed by atoms with Gasteiger partial charge in [0.05, 0.1) is 5.69 Å². The molecule has 0 fully saturated rings. The first kappa shape index (κ1) is 13.4. The van der Waals surface area contributed by atoms with Crippen molar-refractivity contribution in [2.45, 2.75) is 32.7 Å². The van der Waals surface area contributed by atoms with Crippen molar-refractivity contribution in [2.24, 2.45) is 0 Å². The molecule has 1 aromatic heterocycles. The maximum absolute atomic E-state index is 9.24. The normalized spacial score (nSPS) is 12.1. The molecular weight excluding hydrogens is 236 g/mol. The van der Waals surface area contributed by atoms with E-state index in [1.54, 1.807) is 12.1 Å². The van der Waals surface area contributed by atoms with Gasteiger partial charge in [-0.1, -0.05) is 12.1 Å². The van der Waals surface area contributed by atoms with Gasteiger partial charge in [0.2, 0.25) is 0 Å². The summed E-state index contributed by atoms with van der Waals surface area (Å²) < 4.78 is 0. The zero-order chi connectivity index (χ0) is 13.7. The zero-order valence-electron chi connectivity index (χ0n) is 11.4. The third-order valence-electron chi connectivity index (χ3n) is 3.09. The predicted octanol–water partition coefficient (Wildman–Crippen LogP) is 3.53. The number of anilines is 1. The van der Waals surface area contributed by atoms with Crippen molar-refractivity contribution in [2.75, 3.05) is 5.32 Å². The van der Waals surface area contributed by atoms with E-state index in [1.807, 2.05) is 31.5 Å². The number of hydrogen-bond acceptors (Lipinski definition) is 3. The summed E-state index contributed by atoms with van der Waals surface area (Å²) in [5.74, 6) is 0.320. The first-order valence-electron chi connectivity index (χ1n) is 6.59. The number of phenolic OH excluding ortho intramolecular Hbond substituents is 1. The summed E-state index contributed by atoms with van der Waals surface area (Å²) in [5, 5.41) is 12.7. The van der Waals surface area contributed by atoms with Gasteiger partial charge >= 0.3 is 0 Å². The van der Waals surface area contributed by atoms with Crippen molar-refractivity contribution in [3.8, 4) is 5.75 Å². The zero-order valence-corrected chi connectivity index (χ0v) is 11.4. The second kappa shape index (κ2) is 6.23. The fourth-order valence-corrected chi connectivity index (χ4v) is 2.04. The Labute approximate surface area is 114 Å². The van der Waals surface area contributed by atoms with Gasteiger partial charge in [0.15, 0.2) is 0 Å². The van der Waals surface area contributed by atoms with E-state index in [2.05, 4.69) is 23.3 Å². The van der Waals surface area contributed by atoms with E-state index < -0.39 is 0 Å². The monoisotopic (exact) mass is 256 g/mol. The number of pyridine rings is 1. The highest BCUT2D eigenvalue weighted by atomic mass is 16.3. The molecule has 2 aromatic rings. The molecule has 2 rings (SSSR count). The molecule has 0 radical (unpaired) electrons. The minimum atomic E-state index is 0.320. The molecular formula is C16H20N2O. The van der Waals surface area contributed by atoms with Crippen LogP contribution < -0.4 is 5.32 Å². The fraction of sp³-hybridized carbons (Fsp3) is 0.312. The van der Waals surface area contributed by atoms with Crippen LogP contribution in [0, 0.1) is 6.92 Å². The number of nitrogens with one attached hydrogen (secondary N) is 1. The van der Waals surface area contributed by atoms with Gasteiger partial charge in [0, 0.05) is 18.4 Å². The van der Waals surface area contributed by atoms with Crippen LogP contribution in [0.1, 0.15) is 24.5 Å². The molecule has 0 aliphatic heterocycles. The van der Waals surface area contributed by atoms with E-state index >= 15 is 0 Å². The molecule has 1 aromatic carbocycles. The Bertz CT molecular complexity index is 523. The number of hydrogen-bond donors (Lipinski definition) is 2. The molecule has 1 unspecified atom stereocenters. The lowest BCUT2D eigenvalue weighted by Gasteiger charge is -2.15. The van der Waals surface area contributed by atoms with Crippen LogP contribution in [0.3, 0.4) is 0 Å². The largest absolute Gasteiger partial charge is 0.508 e. The smallest absolute Gasteiger partial charge is 0.115 e. The average molecular weight is 256 g/mol. The van der Waals surface area contributed by atoms with E-state index in [1.165, 1.54) is 5.56 Å². The molecule has 0 amide bonds. The first-order valence-corrected chi connectivity index (χ1v) is 6.59. The summed E-state index contributed by atoms with van der Waals surface area (Å²) in [4.78, 5) is 4.17. The Morgan fingerprint density at radius 2 is 1.95 bits per heavy atom. The second-order valence-electron chi connectivity index (χ2n) is 5.00. The maximum atomic E-state index is 9.24. The molecule has 2 N–H and O–H groups in total. The van der Waals surface area contributed by atoms with Crippen molar-refractivity contribution in [1.29, 1.82) is 0 Å². The van der Waals surface area contributed by atoms with Gasteiger partial charge in [0.25, 0.3) is 0 Å². The Morgan fingerprint density at radius 3 is 2.63 bits per heavy atom. The fourth-order valence-electron chi connectivity index (χ4n) is 2.04. The van der Waals surface area contributed by atoms with Crippen LogP contribution in [0.5, 0.6) is 5.75 Å². The number of aryl methyl sites for hydroxylation is 2. The van der Waals surface area contributed by atoms with Crippen molar-refractivity contribution in [3.63, 3.8) is 0 Å². The summed E-state index contributed by atoms with van der Waals surface area (Å²) in [5.41, 5.74) is 3.47. The maximum Gasteiger partial charge on any atom is 0.115 e. The van der Waals surface area contributed by atoms with Crippen molar-refractivity contribution < 1.29 is 5.11 Å². The third kappa shape index (κ3) is 4.28. The van der Waals surface area contributed by atoms with Gasteiger partial charge in [-0.05, 0) is 56.0 Å². The number of phenols is 1. The van der Waals surface area contributed by atoms with E-state index in [-0.39, 0.29) is 0 Å². The number of nitrogens with zero attached hydrogens (tertiary/aromatic N) is 1. The molecule has 0 aliphatic rings. The van der Waals surface area contributed by atoms with Crippen LogP contribution >= 0.6 is 0 Å². The third-order valence-corrected chi connectivity index (χ3v) is 3.09. The second-order valence-corrected chi connectivity index (χ2v) is 5.00. The standard InChI is InChI=1S/C16H20N2O/c1-12-9-15(11-17-10-12)18-13(2)3-4-14-5-7-16(19)8-6-14/h5-11,13,18-19H,3-4H2,1-2H3. The molecule has 0 saturated carbocycles. The molecule has 0 spiro atoms. The van der Waals surface area contributed by atoms with Crippen LogP contribution in [0.25, 0.3) is 0 Å². The summed E-state index contributed by atoms with van der Waals surface area (Å²) >= 11 is 0. The van der Waals surface area contributed by atoms with Crippen LogP contribution in [-0.4, -0.2) is 16.1 Å². The number of aromatic hydroxyl groups is 1. The highest BCUT2D eigenvalue weighted by Crippen LogP contribution is 2.14. The Hall–Kier alpha value is -2.03. The molecule has 0 saturated heterocycles. The summed E-state index contributed by atoms with van der Waals surface area (Å²) in [6.45, 7) is 4.21. The number of benzene rings is 1. The highest BCUT2D eigenvalue weighted by Gasteiger charge is 2.03. The highest BCUT2D eigenvalue weighted by molar-refractivity contribution is 5.43. The van der Waals surface area contributed by atoms with Gasteiger partial charge < -0.3 is 10.4 Å². The number of rotatable bonds is 5. The molecule has 1 heterocycles. The van der Waals surface area contributed by atoms with Crippen molar-refractivity contribution in [1.82, 2.24) is 4.98 Å². The SMILES string of the molecule is Cc1cncc(NC(C)CCc2ccc(O)cc2)c1. The van der Waals surface area contributed by atoms with Crippen molar-refractivity contribution in [3.05, 3.63) is 53.9 Å². The Balaban J connectivity index is 1.84. The molecule has 3 nitrogen and oxygen atoms in total. The van der Waals surface area contributed by atoms with Crippen LogP contribution in [-0.2, 0) is 6.42 Å². The first-order chi connectivity index (χ1) is 9.13. The Kier molecular flexibility index (Phi) is 4.39. The molecule has 1 atom stereocenters. The van der Waals surface area contributed by atoms with E-state index in [9.17, 15) is 5.11 Å². The minimum absolute atomic E-state index is 0.320. The van der Waals surface area contributed by atoms with Crippen LogP contribution in [0.2, 0.25) is 0 Å². The van der Waals surface area contributed by atoms with Gasteiger partial charge in [-0.15, -0.1) is 0 Å². The van der Waals surface area contributed by atoms with Gasteiger partial charge in [-0.25, -0.2) is 0 Å². The van der Waals surface area contributed by atoms with Gasteiger partial charge in [0.1, 0.15) is 5.75 Å². The van der Waals surface area contributed by atoms with Gasteiger partial charge in [-0.3, -0.25) is 4.98 Å². The molecule has 100 valence electrons. The lowest BCUT2D eigenvalue weighted by molar-refractivity contribution is 0.475. The lowest BCUT2D eigenvalue weighted by Crippen LogP contribution is -2.16. The van der Waals surface area contributed by atoms with Crippen molar-refractivity contribution >= 4 is 5.69 Å². The number of aromatic nitrogens is 1. The van der Waals surface area contributed by atoms with Crippen LogP contribution in [0.4, 0.5) is 5.69 Å². The van der Waals surface area contributed by atoms with Gasteiger partial charge in [-0.2, -0.15) is 0 Å². The predicted molar refractivity (Wildman–Crippen MR) is 78.5 cm³/mol. The summed E-state index contributed by atoms with van der Waals surface area (Å²) in [6, 6.07) is 9.89. The average Bonchev–Trinajstić information content (AvgIpc) is 2.38. The minimum Gasteiger partial charge on any atom is -0.508 e. The molecule has 0 bridgehead atoms. The lowest BCUT2D eigenvalue weighted by atomic mass is 10.1. The van der Waals surface area contributed by atoms with E-state index in [0.717, 1.165) is 24.1 Å². The van der Waals surface area contributed by atoms with E-state index in [4.69, 9.17) is 0 Å².